The molecular weight excluding hydrogens is 352 g/mol. The van der Waals surface area contributed by atoms with Crippen LogP contribution in [0, 0.1) is 12.8 Å². The molecule has 2 saturated heterocycles. The number of benzene rings is 1. The second-order valence-electron chi connectivity index (χ2n) is 7.10. The normalized spacial score (nSPS) is 25.6. The van der Waals surface area contributed by atoms with Gasteiger partial charge in [-0.1, -0.05) is 6.07 Å². The Kier molecular flexibility index (Phi) is 5.36. The minimum Gasteiger partial charge on any atom is -0.495 e. The molecule has 27 heavy (non-hydrogen) atoms. The van der Waals surface area contributed by atoms with Crippen molar-refractivity contribution in [1.29, 1.82) is 0 Å². The van der Waals surface area contributed by atoms with E-state index >= 15 is 0 Å². The summed E-state index contributed by atoms with van der Waals surface area (Å²) in [6.07, 6.45) is -1.31. The van der Waals surface area contributed by atoms with Crippen molar-refractivity contribution < 1.29 is 29.0 Å². The van der Waals surface area contributed by atoms with Gasteiger partial charge in [-0.25, -0.2) is 4.79 Å². The fourth-order valence-electron chi connectivity index (χ4n) is 3.64. The first kappa shape index (κ1) is 19.2. The Hall–Kier alpha value is -2.61. The summed E-state index contributed by atoms with van der Waals surface area (Å²) in [4.78, 5) is 39.8. The van der Waals surface area contributed by atoms with Crippen LogP contribution in [0.4, 0.5) is 5.69 Å². The number of methoxy groups -OCH3 is 1. The molecule has 8 heteroatoms. The molecule has 2 heterocycles. The van der Waals surface area contributed by atoms with Crippen LogP contribution in [0.15, 0.2) is 18.2 Å². The molecule has 1 N–H and O–H groups in total. The minimum atomic E-state index is -1.09. The molecule has 0 spiro atoms. The van der Waals surface area contributed by atoms with Gasteiger partial charge in [0.25, 0.3) is 0 Å². The van der Waals surface area contributed by atoms with E-state index in [1.54, 1.807) is 25.0 Å². The Morgan fingerprint density at radius 3 is 2.67 bits per heavy atom. The van der Waals surface area contributed by atoms with Gasteiger partial charge in [-0.15, -0.1) is 0 Å². The molecule has 2 unspecified atom stereocenters. The van der Waals surface area contributed by atoms with Crippen LogP contribution >= 0.6 is 0 Å². The van der Waals surface area contributed by atoms with E-state index in [2.05, 4.69) is 0 Å². The predicted octanol–water partition coefficient (Wildman–Crippen LogP) is 1.06. The summed E-state index contributed by atoms with van der Waals surface area (Å²) in [6, 6.07) is 5.56. The molecule has 146 valence electrons. The van der Waals surface area contributed by atoms with Crippen LogP contribution in [0.1, 0.15) is 18.9 Å². The SMILES string of the molecule is COc1ccc(C)cc1N1CC(C(=O)N2CC(C(=O)O)O[C@H](C)C2)CC1=O. The van der Waals surface area contributed by atoms with Crippen molar-refractivity contribution in [3.05, 3.63) is 23.8 Å². The largest absolute Gasteiger partial charge is 0.495 e. The number of amides is 2. The Bertz CT molecular complexity index is 765. The molecule has 8 nitrogen and oxygen atoms in total. The number of aryl methyl sites for hydroxylation is 1. The highest BCUT2D eigenvalue weighted by molar-refractivity contribution is 6.01. The molecule has 2 amide bonds. The maximum atomic E-state index is 12.9. The molecule has 0 aliphatic carbocycles. The molecule has 1 aromatic carbocycles. The van der Waals surface area contributed by atoms with E-state index in [0.29, 0.717) is 18.0 Å². The summed E-state index contributed by atoms with van der Waals surface area (Å²) in [5, 5.41) is 9.20. The van der Waals surface area contributed by atoms with Crippen molar-refractivity contribution in [3.8, 4) is 5.75 Å². The Morgan fingerprint density at radius 1 is 1.26 bits per heavy atom. The Morgan fingerprint density at radius 2 is 2.00 bits per heavy atom. The van der Waals surface area contributed by atoms with E-state index in [9.17, 15) is 19.5 Å². The zero-order valence-electron chi connectivity index (χ0n) is 15.7. The highest BCUT2D eigenvalue weighted by Crippen LogP contribution is 2.34. The number of hydrogen-bond acceptors (Lipinski definition) is 5. The van der Waals surface area contributed by atoms with E-state index < -0.39 is 18.0 Å². The monoisotopic (exact) mass is 376 g/mol. The smallest absolute Gasteiger partial charge is 0.334 e. The first-order valence-electron chi connectivity index (χ1n) is 8.92. The summed E-state index contributed by atoms with van der Waals surface area (Å²) in [5.41, 5.74) is 1.64. The lowest BCUT2D eigenvalue weighted by Crippen LogP contribution is -2.53. The van der Waals surface area contributed by atoms with Crippen LogP contribution in [-0.4, -0.2) is 66.7 Å². The van der Waals surface area contributed by atoms with Gasteiger partial charge in [-0.3, -0.25) is 9.59 Å². The quantitative estimate of drug-likeness (QED) is 0.844. The van der Waals surface area contributed by atoms with Crippen LogP contribution in [0.3, 0.4) is 0 Å². The van der Waals surface area contributed by atoms with Gasteiger partial charge >= 0.3 is 5.97 Å². The summed E-state index contributed by atoms with van der Waals surface area (Å²) >= 11 is 0. The van der Waals surface area contributed by atoms with Crippen LogP contribution in [0.2, 0.25) is 0 Å². The van der Waals surface area contributed by atoms with E-state index in [1.165, 1.54) is 4.90 Å². The molecule has 0 radical (unpaired) electrons. The van der Waals surface area contributed by atoms with Crippen molar-refractivity contribution in [1.82, 2.24) is 4.90 Å². The van der Waals surface area contributed by atoms with Crippen molar-refractivity contribution in [3.63, 3.8) is 0 Å². The fourth-order valence-corrected chi connectivity index (χ4v) is 3.64. The third kappa shape index (κ3) is 3.90. The topological polar surface area (TPSA) is 96.4 Å². The fraction of sp³-hybridized carbons (Fsp3) is 0.526. The molecular formula is C19H24N2O6. The van der Waals surface area contributed by atoms with Gasteiger partial charge < -0.3 is 24.4 Å². The molecule has 3 atom stereocenters. The number of carboxylic acids is 1. The van der Waals surface area contributed by atoms with E-state index in [-0.39, 0.29) is 37.4 Å². The van der Waals surface area contributed by atoms with Gasteiger partial charge in [0.2, 0.25) is 11.8 Å². The number of carbonyl (C=O) groups excluding carboxylic acids is 2. The van der Waals surface area contributed by atoms with Crippen LogP contribution in [0.25, 0.3) is 0 Å². The number of anilines is 1. The van der Waals surface area contributed by atoms with Crippen molar-refractivity contribution in [2.24, 2.45) is 5.92 Å². The van der Waals surface area contributed by atoms with Crippen LogP contribution in [-0.2, 0) is 19.1 Å². The average Bonchev–Trinajstić information content (AvgIpc) is 3.02. The molecule has 1 aromatic rings. The lowest BCUT2D eigenvalue weighted by molar-refractivity contribution is -0.167. The van der Waals surface area contributed by atoms with Crippen molar-refractivity contribution in [2.75, 3.05) is 31.6 Å². The van der Waals surface area contributed by atoms with E-state index in [4.69, 9.17) is 9.47 Å². The molecule has 0 saturated carbocycles. The highest BCUT2D eigenvalue weighted by atomic mass is 16.5. The van der Waals surface area contributed by atoms with Gasteiger partial charge in [0.05, 0.1) is 31.4 Å². The number of carboxylic acid groups (broad SMARTS) is 1. The lowest BCUT2D eigenvalue weighted by atomic mass is 10.1. The van der Waals surface area contributed by atoms with Gasteiger partial charge in [0.1, 0.15) is 5.75 Å². The minimum absolute atomic E-state index is 0.00301. The molecule has 3 rings (SSSR count). The zero-order valence-corrected chi connectivity index (χ0v) is 15.7. The van der Waals surface area contributed by atoms with Crippen molar-refractivity contribution >= 4 is 23.5 Å². The number of carbonyl (C=O) groups is 3. The summed E-state index contributed by atoms with van der Waals surface area (Å²) < 4.78 is 10.7. The molecule has 2 aliphatic rings. The van der Waals surface area contributed by atoms with Gasteiger partial charge in [-0.2, -0.15) is 0 Å². The number of hydrogen-bond donors (Lipinski definition) is 1. The second-order valence-corrected chi connectivity index (χ2v) is 7.10. The summed E-state index contributed by atoms with van der Waals surface area (Å²) in [5.74, 6) is -1.38. The highest BCUT2D eigenvalue weighted by Gasteiger charge is 2.41. The number of rotatable bonds is 4. The van der Waals surface area contributed by atoms with Gasteiger partial charge in [0, 0.05) is 19.5 Å². The molecule has 0 aromatic heterocycles. The third-order valence-corrected chi connectivity index (χ3v) is 4.95. The van der Waals surface area contributed by atoms with Crippen LogP contribution in [0.5, 0.6) is 5.75 Å². The number of ether oxygens (including phenoxy) is 2. The second kappa shape index (κ2) is 7.56. The van der Waals surface area contributed by atoms with Crippen molar-refractivity contribution in [2.45, 2.75) is 32.5 Å². The maximum Gasteiger partial charge on any atom is 0.334 e. The number of morpholine rings is 1. The summed E-state index contributed by atoms with van der Waals surface area (Å²) in [6.45, 7) is 4.23. The Labute approximate surface area is 157 Å². The predicted molar refractivity (Wildman–Crippen MR) is 96.7 cm³/mol. The number of aliphatic carboxylic acids is 1. The van der Waals surface area contributed by atoms with E-state index in [1.807, 2.05) is 19.1 Å². The van der Waals surface area contributed by atoms with Crippen LogP contribution < -0.4 is 9.64 Å². The molecule has 2 fully saturated rings. The maximum absolute atomic E-state index is 12.9. The summed E-state index contributed by atoms with van der Waals surface area (Å²) in [7, 11) is 1.54. The van der Waals surface area contributed by atoms with Gasteiger partial charge in [0.15, 0.2) is 6.10 Å². The first-order chi connectivity index (χ1) is 12.8. The number of nitrogens with zero attached hydrogens (tertiary/aromatic N) is 2. The average molecular weight is 376 g/mol. The Balaban J connectivity index is 1.76. The zero-order chi connectivity index (χ0) is 19.7. The third-order valence-electron chi connectivity index (χ3n) is 4.95. The van der Waals surface area contributed by atoms with E-state index in [0.717, 1.165) is 5.56 Å². The molecule has 0 bridgehead atoms. The standard InChI is InChI=1S/C19H24N2O6/c1-11-4-5-15(26-3)14(6-11)21-9-13(7-17(21)22)18(23)20-8-12(2)27-16(10-20)19(24)25/h4-6,12-13,16H,7-10H2,1-3H3,(H,24,25)/t12-,13?,16?/m1/s1. The molecule has 2 aliphatic heterocycles. The first-order valence-corrected chi connectivity index (χ1v) is 8.92. The lowest BCUT2D eigenvalue weighted by Gasteiger charge is -2.36. The van der Waals surface area contributed by atoms with Gasteiger partial charge in [-0.05, 0) is 31.5 Å².